The Morgan fingerprint density at radius 3 is 2.11 bits per heavy atom. The molecule has 2 aromatic rings. The summed E-state index contributed by atoms with van der Waals surface area (Å²) in [5.74, 6) is 0. The largest absolute Gasteiger partial charge is 0.181 e. The summed E-state index contributed by atoms with van der Waals surface area (Å²) in [7, 11) is 0. The van der Waals surface area contributed by atoms with Crippen molar-refractivity contribution in [2.24, 2.45) is 10.2 Å². The van der Waals surface area contributed by atoms with E-state index in [2.05, 4.69) is 10.2 Å². The van der Waals surface area contributed by atoms with Gasteiger partial charge in [-0.3, -0.25) is 0 Å². The fourth-order valence-electron chi connectivity index (χ4n) is 1.57. The van der Waals surface area contributed by atoms with E-state index in [0.717, 1.165) is 5.56 Å². The van der Waals surface area contributed by atoms with Gasteiger partial charge in [-0.1, -0.05) is 65.1 Å². The zero-order valence-corrected chi connectivity index (χ0v) is 12.4. The Morgan fingerprint density at radius 2 is 1.53 bits per heavy atom. The first kappa shape index (κ1) is 14.3. The van der Waals surface area contributed by atoms with Crippen molar-refractivity contribution in [2.45, 2.75) is 13.0 Å². The third-order valence-corrected chi connectivity index (χ3v) is 3.39. The van der Waals surface area contributed by atoms with Crippen molar-refractivity contribution >= 4 is 40.5 Å². The normalized spacial score (nSPS) is 12.8. The summed E-state index contributed by atoms with van der Waals surface area (Å²) in [4.78, 5) is 0. The molecule has 0 N–H and O–H groups in total. The van der Waals surface area contributed by atoms with Crippen molar-refractivity contribution in [3.05, 3.63) is 63.1 Å². The molecule has 0 amide bonds. The van der Waals surface area contributed by atoms with E-state index in [4.69, 9.17) is 34.8 Å². The van der Waals surface area contributed by atoms with Crippen LogP contribution in [0.15, 0.2) is 52.7 Å². The lowest BCUT2D eigenvalue weighted by atomic mass is 10.1. The second kappa shape index (κ2) is 6.38. The van der Waals surface area contributed by atoms with Gasteiger partial charge in [-0.05, 0) is 24.6 Å². The number of hydrogen-bond acceptors (Lipinski definition) is 2. The highest BCUT2D eigenvalue weighted by molar-refractivity contribution is 6.41. The van der Waals surface area contributed by atoms with E-state index in [-0.39, 0.29) is 6.04 Å². The number of azo groups is 1. The zero-order chi connectivity index (χ0) is 13.8. The van der Waals surface area contributed by atoms with E-state index in [9.17, 15) is 0 Å². The second-order valence-corrected chi connectivity index (χ2v) is 5.27. The van der Waals surface area contributed by atoms with E-state index in [1.807, 2.05) is 37.3 Å². The highest BCUT2D eigenvalue weighted by atomic mass is 35.5. The molecule has 1 atom stereocenters. The van der Waals surface area contributed by atoms with Crippen LogP contribution in [0.25, 0.3) is 0 Å². The minimum Gasteiger partial charge on any atom is -0.181 e. The average Bonchev–Trinajstić information content (AvgIpc) is 2.38. The first-order valence-electron chi connectivity index (χ1n) is 5.68. The van der Waals surface area contributed by atoms with Gasteiger partial charge in [-0.15, -0.1) is 0 Å². The maximum Gasteiger partial charge on any atom is 0.123 e. The third kappa shape index (κ3) is 3.69. The zero-order valence-electron chi connectivity index (χ0n) is 10.1. The highest BCUT2D eigenvalue weighted by Crippen LogP contribution is 2.36. The second-order valence-electron chi connectivity index (χ2n) is 4.02. The molecule has 0 aliphatic rings. The summed E-state index contributed by atoms with van der Waals surface area (Å²) in [5, 5.41) is 9.61. The third-order valence-electron chi connectivity index (χ3n) is 2.59. The number of nitrogens with zero attached hydrogens (tertiary/aromatic N) is 2. The smallest absolute Gasteiger partial charge is 0.123 e. The van der Waals surface area contributed by atoms with Crippen LogP contribution in [-0.4, -0.2) is 0 Å². The molecule has 0 saturated heterocycles. The summed E-state index contributed by atoms with van der Waals surface area (Å²) in [5.41, 5.74) is 1.52. The quantitative estimate of drug-likeness (QED) is 0.578. The molecule has 98 valence electrons. The van der Waals surface area contributed by atoms with Gasteiger partial charge in [0.2, 0.25) is 0 Å². The fraction of sp³-hybridized carbons (Fsp3) is 0.143. The van der Waals surface area contributed by atoms with Gasteiger partial charge in [0.25, 0.3) is 0 Å². The molecule has 2 rings (SSSR count). The minimum absolute atomic E-state index is 0.0657. The van der Waals surface area contributed by atoms with Crippen molar-refractivity contribution in [2.75, 3.05) is 0 Å². The molecule has 2 aromatic carbocycles. The number of halogens is 3. The SMILES string of the molecule is CC(N=Nc1c(Cl)cc(Cl)cc1Cl)c1ccccc1. The molecular formula is C14H11Cl3N2. The molecule has 5 heteroatoms. The summed E-state index contributed by atoms with van der Waals surface area (Å²) in [6.07, 6.45) is 0. The van der Waals surface area contributed by atoms with Gasteiger partial charge in [0, 0.05) is 5.02 Å². The van der Waals surface area contributed by atoms with Crippen LogP contribution in [0.2, 0.25) is 15.1 Å². The molecule has 0 heterocycles. The van der Waals surface area contributed by atoms with Crippen LogP contribution >= 0.6 is 34.8 Å². The van der Waals surface area contributed by atoms with E-state index < -0.39 is 0 Å². The van der Waals surface area contributed by atoms with Crippen LogP contribution in [0.1, 0.15) is 18.5 Å². The fourth-order valence-corrected chi connectivity index (χ4v) is 2.47. The van der Waals surface area contributed by atoms with Crippen molar-refractivity contribution < 1.29 is 0 Å². The summed E-state index contributed by atoms with van der Waals surface area (Å²) < 4.78 is 0. The standard InChI is InChI=1S/C14H11Cl3N2/c1-9(10-5-3-2-4-6-10)18-19-14-12(16)7-11(15)8-13(14)17/h2-9H,1H3. The van der Waals surface area contributed by atoms with Crippen LogP contribution < -0.4 is 0 Å². The van der Waals surface area contributed by atoms with Crippen LogP contribution in [-0.2, 0) is 0 Å². The molecule has 0 radical (unpaired) electrons. The van der Waals surface area contributed by atoms with Gasteiger partial charge >= 0.3 is 0 Å². The molecule has 1 unspecified atom stereocenters. The predicted molar refractivity (Wildman–Crippen MR) is 80.8 cm³/mol. The molecule has 0 bridgehead atoms. The van der Waals surface area contributed by atoms with Crippen LogP contribution in [0, 0.1) is 0 Å². The van der Waals surface area contributed by atoms with Crippen LogP contribution in [0.4, 0.5) is 5.69 Å². The Bertz CT molecular complexity index is 574. The van der Waals surface area contributed by atoms with Gasteiger partial charge in [0.05, 0.1) is 16.1 Å². The van der Waals surface area contributed by atoms with Gasteiger partial charge in [-0.2, -0.15) is 10.2 Å². The van der Waals surface area contributed by atoms with Gasteiger partial charge in [-0.25, -0.2) is 0 Å². The van der Waals surface area contributed by atoms with Crippen molar-refractivity contribution in [1.29, 1.82) is 0 Å². The first-order valence-corrected chi connectivity index (χ1v) is 6.81. The number of hydrogen-bond donors (Lipinski definition) is 0. The van der Waals surface area contributed by atoms with Crippen molar-refractivity contribution in [3.63, 3.8) is 0 Å². The lowest BCUT2D eigenvalue weighted by Gasteiger charge is -2.06. The predicted octanol–water partition coefficient (Wildman–Crippen LogP) is 6.49. The van der Waals surface area contributed by atoms with Gasteiger partial charge in [0.15, 0.2) is 0 Å². The Balaban J connectivity index is 2.24. The number of benzene rings is 2. The highest BCUT2D eigenvalue weighted by Gasteiger charge is 2.08. The van der Waals surface area contributed by atoms with Crippen molar-refractivity contribution in [3.8, 4) is 0 Å². The number of rotatable bonds is 3. The van der Waals surface area contributed by atoms with E-state index in [0.29, 0.717) is 20.8 Å². The lowest BCUT2D eigenvalue weighted by molar-refractivity contribution is 0.764. The molecule has 0 aliphatic heterocycles. The molecule has 19 heavy (non-hydrogen) atoms. The minimum atomic E-state index is -0.0657. The Labute approximate surface area is 127 Å². The van der Waals surface area contributed by atoms with Crippen LogP contribution in [0.3, 0.4) is 0 Å². The molecular weight excluding hydrogens is 303 g/mol. The molecule has 0 fully saturated rings. The first-order chi connectivity index (χ1) is 9.08. The Morgan fingerprint density at radius 1 is 0.947 bits per heavy atom. The van der Waals surface area contributed by atoms with E-state index >= 15 is 0 Å². The molecule has 0 aromatic heterocycles. The molecule has 0 spiro atoms. The van der Waals surface area contributed by atoms with Gasteiger partial charge < -0.3 is 0 Å². The summed E-state index contributed by atoms with van der Waals surface area (Å²) in [6.45, 7) is 1.95. The molecule has 0 saturated carbocycles. The molecule has 0 aliphatic carbocycles. The summed E-state index contributed by atoms with van der Waals surface area (Å²) in [6, 6.07) is 13.0. The maximum atomic E-state index is 6.04. The van der Waals surface area contributed by atoms with Crippen LogP contribution in [0.5, 0.6) is 0 Å². The average molecular weight is 314 g/mol. The van der Waals surface area contributed by atoms with Crippen molar-refractivity contribution in [1.82, 2.24) is 0 Å². The van der Waals surface area contributed by atoms with E-state index in [1.54, 1.807) is 12.1 Å². The molecule has 2 nitrogen and oxygen atoms in total. The monoisotopic (exact) mass is 312 g/mol. The Kier molecular flexibility index (Phi) is 4.81. The van der Waals surface area contributed by atoms with E-state index in [1.165, 1.54) is 0 Å². The lowest BCUT2D eigenvalue weighted by Crippen LogP contribution is -1.87. The van der Waals surface area contributed by atoms with Gasteiger partial charge in [0.1, 0.15) is 5.69 Å². The summed E-state index contributed by atoms with van der Waals surface area (Å²) >= 11 is 17.9. The Hall–Kier alpha value is -1.09. The topological polar surface area (TPSA) is 24.7 Å². The maximum absolute atomic E-state index is 6.04.